The van der Waals surface area contributed by atoms with E-state index in [9.17, 15) is 0 Å². The van der Waals surface area contributed by atoms with Gasteiger partial charge in [-0.25, -0.2) is 0 Å². The summed E-state index contributed by atoms with van der Waals surface area (Å²) in [5, 5.41) is 4.66. The van der Waals surface area contributed by atoms with Crippen molar-refractivity contribution in [2.75, 3.05) is 0 Å². The van der Waals surface area contributed by atoms with E-state index in [0.717, 1.165) is 24.0 Å². The second-order valence-corrected chi connectivity index (χ2v) is 7.28. The molecule has 120 valence electrons. The van der Waals surface area contributed by atoms with Crippen LogP contribution in [0, 0.1) is 17.8 Å². The highest BCUT2D eigenvalue weighted by Crippen LogP contribution is 2.35. The number of hydrazine groups is 1. The first-order valence-electron chi connectivity index (χ1n) is 8.51. The van der Waals surface area contributed by atoms with E-state index < -0.39 is 0 Å². The molecule has 0 bridgehead atoms. The Morgan fingerprint density at radius 3 is 2.29 bits per heavy atom. The van der Waals surface area contributed by atoms with Crippen molar-refractivity contribution >= 4 is 0 Å². The Balaban J connectivity index is 1.91. The van der Waals surface area contributed by atoms with Crippen LogP contribution in [0.2, 0.25) is 0 Å². The number of nitrogens with two attached hydrogens (primary N) is 1. The first-order chi connectivity index (χ1) is 10.0. The van der Waals surface area contributed by atoms with Gasteiger partial charge in [-0.1, -0.05) is 13.8 Å². The summed E-state index contributed by atoms with van der Waals surface area (Å²) in [5.74, 6) is 8.24. The molecule has 0 aromatic carbocycles. The first-order valence-corrected chi connectivity index (χ1v) is 8.51. The van der Waals surface area contributed by atoms with Gasteiger partial charge in [-0.05, 0) is 63.4 Å². The minimum absolute atomic E-state index is 0.355. The summed E-state index contributed by atoms with van der Waals surface area (Å²) in [4.78, 5) is 0. The second-order valence-electron chi connectivity index (χ2n) is 7.28. The van der Waals surface area contributed by atoms with E-state index in [4.69, 9.17) is 5.84 Å². The van der Waals surface area contributed by atoms with E-state index in [2.05, 4.69) is 50.5 Å². The predicted octanol–water partition coefficient (Wildman–Crippen LogP) is 3.30. The Bertz CT molecular complexity index is 416. The molecule has 1 fully saturated rings. The van der Waals surface area contributed by atoms with Crippen LogP contribution < -0.4 is 11.3 Å². The molecule has 1 heterocycles. The maximum atomic E-state index is 5.83. The third kappa shape index (κ3) is 4.30. The average molecular weight is 292 g/mol. The Hall–Kier alpha value is -0.870. The van der Waals surface area contributed by atoms with Crippen LogP contribution in [-0.2, 0) is 6.42 Å². The zero-order valence-electron chi connectivity index (χ0n) is 14.0. The van der Waals surface area contributed by atoms with Crippen LogP contribution in [0.5, 0.6) is 0 Å². The summed E-state index contributed by atoms with van der Waals surface area (Å²) >= 11 is 0. The van der Waals surface area contributed by atoms with Gasteiger partial charge in [0.05, 0.1) is 5.69 Å². The van der Waals surface area contributed by atoms with E-state index in [1.54, 1.807) is 0 Å². The number of rotatable bonds is 6. The van der Waals surface area contributed by atoms with Crippen LogP contribution in [0.15, 0.2) is 12.3 Å². The summed E-state index contributed by atoms with van der Waals surface area (Å²) < 4.78 is 2.03. The fourth-order valence-electron chi connectivity index (χ4n) is 3.57. The second kappa shape index (κ2) is 7.41. The highest BCUT2D eigenvalue weighted by molar-refractivity contribution is 5.03. The highest BCUT2D eigenvalue weighted by Gasteiger charge is 2.28. The Morgan fingerprint density at radius 2 is 1.81 bits per heavy atom. The first kappa shape index (κ1) is 16.5. The molecule has 0 saturated heterocycles. The van der Waals surface area contributed by atoms with Crippen LogP contribution in [0.3, 0.4) is 0 Å². The topological polar surface area (TPSA) is 55.9 Å². The lowest BCUT2D eigenvalue weighted by Crippen LogP contribution is -2.44. The molecule has 1 aromatic heterocycles. The Labute approximate surface area is 129 Å². The van der Waals surface area contributed by atoms with Gasteiger partial charge in [0.2, 0.25) is 0 Å². The normalized spacial score (nSPS) is 24.7. The molecular weight excluding hydrogens is 260 g/mol. The molecule has 0 aliphatic heterocycles. The molecule has 2 rings (SSSR count). The van der Waals surface area contributed by atoms with Crippen molar-refractivity contribution < 1.29 is 0 Å². The van der Waals surface area contributed by atoms with E-state index in [-0.39, 0.29) is 0 Å². The van der Waals surface area contributed by atoms with Gasteiger partial charge in [-0.2, -0.15) is 5.10 Å². The third-order valence-electron chi connectivity index (χ3n) is 5.16. The molecule has 4 heteroatoms. The molecule has 1 saturated carbocycles. The van der Waals surface area contributed by atoms with E-state index >= 15 is 0 Å². The van der Waals surface area contributed by atoms with Crippen molar-refractivity contribution in [3.8, 4) is 0 Å². The van der Waals surface area contributed by atoms with Gasteiger partial charge >= 0.3 is 0 Å². The van der Waals surface area contributed by atoms with Gasteiger partial charge in [0.1, 0.15) is 0 Å². The molecule has 1 aliphatic rings. The maximum absolute atomic E-state index is 5.83. The predicted molar refractivity (Wildman–Crippen MR) is 87.7 cm³/mol. The maximum Gasteiger partial charge on any atom is 0.0640 e. The van der Waals surface area contributed by atoms with Crippen LogP contribution in [-0.4, -0.2) is 15.8 Å². The fourth-order valence-corrected chi connectivity index (χ4v) is 3.57. The molecular formula is C17H32N4. The van der Waals surface area contributed by atoms with Crippen LogP contribution in [0.1, 0.15) is 65.1 Å². The molecule has 1 aromatic rings. The quantitative estimate of drug-likeness (QED) is 0.625. The average Bonchev–Trinajstić information content (AvgIpc) is 2.93. The molecule has 3 N–H and O–H groups in total. The number of hydrogen-bond donors (Lipinski definition) is 2. The minimum atomic E-state index is 0.355. The largest absolute Gasteiger partial charge is 0.271 e. The van der Waals surface area contributed by atoms with Crippen LogP contribution in [0.25, 0.3) is 0 Å². The van der Waals surface area contributed by atoms with E-state index in [1.807, 2.05) is 4.68 Å². The molecule has 4 nitrogen and oxygen atoms in total. The van der Waals surface area contributed by atoms with Gasteiger partial charge in [-0.3, -0.25) is 16.0 Å². The number of nitrogens with one attached hydrogen (secondary N) is 1. The number of nitrogens with zero attached hydrogens (tertiary/aromatic N) is 2. The standard InChI is InChI=1S/C17H32N4/c1-12(2)14-5-7-15(8-6-14)17(19-18)11-16-9-10-21(20-16)13(3)4/h9-10,12-15,17,19H,5-8,11,18H2,1-4H3. The van der Waals surface area contributed by atoms with Gasteiger partial charge in [0, 0.05) is 24.7 Å². The zero-order chi connectivity index (χ0) is 15.4. The van der Waals surface area contributed by atoms with Crippen LogP contribution >= 0.6 is 0 Å². The fraction of sp³-hybridized carbons (Fsp3) is 0.824. The molecule has 0 spiro atoms. The van der Waals surface area contributed by atoms with Crippen molar-refractivity contribution in [1.29, 1.82) is 0 Å². The lowest BCUT2D eigenvalue weighted by Gasteiger charge is -2.35. The number of hydrogen-bond acceptors (Lipinski definition) is 3. The summed E-state index contributed by atoms with van der Waals surface area (Å²) in [6.07, 6.45) is 8.30. The number of aromatic nitrogens is 2. The van der Waals surface area contributed by atoms with Gasteiger partial charge in [-0.15, -0.1) is 0 Å². The van der Waals surface area contributed by atoms with E-state index in [1.165, 1.54) is 25.7 Å². The lowest BCUT2D eigenvalue weighted by atomic mass is 9.74. The van der Waals surface area contributed by atoms with Crippen LogP contribution in [0.4, 0.5) is 0 Å². The Morgan fingerprint density at radius 1 is 1.19 bits per heavy atom. The molecule has 1 aliphatic carbocycles. The van der Waals surface area contributed by atoms with Crippen molar-refractivity contribution in [2.45, 2.75) is 71.9 Å². The van der Waals surface area contributed by atoms with Crippen molar-refractivity contribution in [2.24, 2.45) is 23.6 Å². The zero-order valence-corrected chi connectivity index (χ0v) is 14.0. The molecule has 0 radical (unpaired) electrons. The van der Waals surface area contributed by atoms with Gasteiger partial charge < -0.3 is 0 Å². The van der Waals surface area contributed by atoms with E-state index in [0.29, 0.717) is 18.0 Å². The third-order valence-corrected chi connectivity index (χ3v) is 5.16. The highest BCUT2D eigenvalue weighted by atomic mass is 15.3. The monoisotopic (exact) mass is 292 g/mol. The summed E-state index contributed by atoms with van der Waals surface area (Å²) in [6, 6.07) is 2.91. The van der Waals surface area contributed by atoms with Gasteiger partial charge in [0.25, 0.3) is 0 Å². The molecule has 0 amide bonds. The molecule has 21 heavy (non-hydrogen) atoms. The van der Waals surface area contributed by atoms with Crippen molar-refractivity contribution in [3.05, 3.63) is 18.0 Å². The minimum Gasteiger partial charge on any atom is -0.271 e. The summed E-state index contributed by atoms with van der Waals surface area (Å²) in [7, 11) is 0. The lowest BCUT2D eigenvalue weighted by molar-refractivity contribution is 0.187. The molecule has 1 atom stereocenters. The van der Waals surface area contributed by atoms with Crippen molar-refractivity contribution in [1.82, 2.24) is 15.2 Å². The Kier molecular flexibility index (Phi) is 5.82. The van der Waals surface area contributed by atoms with Crippen molar-refractivity contribution in [3.63, 3.8) is 0 Å². The summed E-state index contributed by atoms with van der Waals surface area (Å²) in [5.41, 5.74) is 4.20. The summed E-state index contributed by atoms with van der Waals surface area (Å²) in [6.45, 7) is 9.01. The SMILES string of the molecule is CC(C)C1CCC(C(Cc2ccn(C(C)C)n2)NN)CC1. The molecule has 1 unspecified atom stereocenters. The van der Waals surface area contributed by atoms with Gasteiger partial charge in [0.15, 0.2) is 0 Å². The smallest absolute Gasteiger partial charge is 0.0640 e.